The molecule has 1 atom stereocenters. The number of hydrogen-bond acceptors (Lipinski definition) is 2. The minimum atomic E-state index is -0.147. The van der Waals surface area contributed by atoms with Gasteiger partial charge < -0.3 is 9.84 Å². The molecule has 1 aromatic carbocycles. The first-order valence-electron chi connectivity index (χ1n) is 21.8. The Hall–Kier alpha value is -3.26. The normalized spacial score (nSPS) is 17.7. The van der Waals surface area contributed by atoms with E-state index in [2.05, 4.69) is 125 Å². The minimum absolute atomic E-state index is 0.147. The van der Waals surface area contributed by atoms with E-state index in [4.69, 9.17) is 4.74 Å². The largest absolute Gasteiger partial charge is 0.508 e. The van der Waals surface area contributed by atoms with Gasteiger partial charge >= 0.3 is 0 Å². The molecule has 0 bridgehead atoms. The molecule has 0 saturated heterocycles. The van der Waals surface area contributed by atoms with Crippen LogP contribution < -0.4 is 4.74 Å². The van der Waals surface area contributed by atoms with Gasteiger partial charge in [-0.3, -0.25) is 0 Å². The van der Waals surface area contributed by atoms with E-state index in [0.717, 1.165) is 106 Å². The van der Waals surface area contributed by atoms with Crippen LogP contribution in [0.15, 0.2) is 99.3 Å². The Morgan fingerprint density at radius 3 is 1.20 bits per heavy atom. The molecule has 2 nitrogen and oxygen atoms in total. The SMILES string of the molecule is CC(C)=CCC/C(C)=C/CC/C(C)=C/CC/C(C)=C/CC/C(C)=C/CC/C(C)=C/CC/C(C)=C/CC/C(C)=C/CC[C@]1(C)CCc2cc(O)c(C)c(C)c2O1. The fraction of sp³-hybridized carbons (Fsp3) is 0.585. The van der Waals surface area contributed by atoms with E-state index in [0.29, 0.717) is 5.75 Å². The Kier molecular flexibility index (Phi) is 22.5. The number of aryl methyl sites for hydroxylation is 1. The van der Waals surface area contributed by atoms with E-state index in [-0.39, 0.29) is 5.60 Å². The van der Waals surface area contributed by atoms with Gasteiger partial charge in [-0.1, -0.05) is 93.2 Å². The number of allylic oxidation sites excluding steroid dienone is 16. The van der Waals surface area contributed by atoms with Crippen molar-refractivity contribution < 1.29 is 9.84 Å². The standard InChI is InChI=1S/C53H82O2/c1-40(2)21-13-22-41(3)23-14-24-42(4)25-15-26-43(5)27-16-28-44(6)29-17-30-45(7)31-18-32-46(8)33-19-34-47(9)35-20-37-53(12)38-36-50-39-51(54)48(10)49(11)52(50)55-53/h21,23,25,27,29,31,33,35,39,54H,13-20,22,24,26,28,30,32,34,36-38H2,1-12H3/b41-23+,42-25+,43-27+,44-29+,45-31+,46-33+,47-35+/t53-/m1/s1. The first kappa shape index (κ1) is 47.9. The lowest BCUT2D eigenvalue weighted by atomic mass is 9.87. The predicted molar refractivity (Wildman–Crippen MR) is 245 cm³/mol. The Labute approximate surface area is 340 Å². The molecule has 1 N–H and O–H groups in total. The molecule has 1 aliphatic heterocycles. The number of phenolic OH excluding ortho intramolecular Hbond substituents is 1. The molecule has 0 saturated carbocycles. The molecule has 1 heterocycles. The molecule has 0 unspecified atom stereocenters. The fourth-order valence-electron chi connectivity index (χ4n) is 7.35. The molecule has 55 heavy (non-hydrogen) atoms. The van der Waals surface area contributed by atoms with Crippen LogP contribution in [0.5, 0.6) is 11.5 Å². The molecule has 0 aromatic heterocycles. The van der Waals surface area contributed by atoms with Crippen molar-refractivity contribution in [3.8, 4) is 11.5 Å². The lowest BCUT2D eigenvalue weighted by Gasteiger charge is -2.37. The molecule has 2 rings (SSSR count). The van der Waals surface area contributed by atoms with Crippen molar-refractivity contribution in [2.75, 3.05) is 0 Å². The third-order valence-corrected chi connectivity index (χ3v) is 11.6. The molecule has 0 amide bonds. The summed E-state index contributed by atoms with van der Waals surface area (Å²) in [5.41, 5.74) is 15.0. The summed E-state index contributed by atoms with van der Waals surface area (Å²) < 4.78 is 6.56. The summed E-state index contributed by atoms with van der Waals surface area (Å²) in [6, 6.07) is 1.90. The van der Waals surface area contributed by atoms with Gasteiger partial charge in [0.1, 0.15) is 17.1 Å². The summed E-state index contributed by atoms with van der Waals surface area (Å²) in [5, 5.41) is 10.2. The van der Waals surface area contributed by atoms with Gasteiger partial charge in [0.2, 0.25) is 0 Å². The molecule has 0 fully saturated rings. The molecule has 0 spiro atoms. The zero-order chi connectivity index (χ0) is 40.8. The summed E-state index contributed by atoms with van der Waals surface area (Å²) in [6.45, 7) is 26.7. The maximum Gasteiger partial charge on any atom is 0.126 e. The summed E-state index contributed by atoms with van der Waals surface area (Å²) in [4.78, 5) is 0. The second kappa shape index (κ2) is 25.8. The van der Waals surface area contributed by atoms with Gasteiger partial charge in [-0.05, 0) is 221 Å². The highest BCUT2D eigenvalue weighted by Gasteiger charge is 2.32. The smallest absolute Gasteiger partial charge is 0.126 e. The number of rotatable bonds is 24. The van der Waals surface area contributed by atoms with Crippen molar-refractivity contribution in [2.24, 2.45) is 0 Å². The van der Waals surface area contributed by atoms with E-state index < -0.39 is 0 Å². The summed E-state index contributed by atoms with van der Waals surface area (Å²) >= 11 is 0. The first-order valence-corrected chi connectivity index (χ1v) is 21.8. The van der Waals surface area contributed by atoms with E-state index in [9.17, 15) is 5.11 Å². The lowest BCUT2D eigenvalue weighted by molar-refractivity contribution is 0.0560. The molecule has 1 aliphatic rings. The molecule has 1 aromatic rings. The highest BCUT2D eigenvalue weighted by molar-refractivity contribution is 5.53. The van der Waals surface area contributed by atoms with Crippen molar-refractivity contribution in [2.45, 2.75) is 204 Å². The highest BCUT2D eigenvalue weighted by atomic mass is 16.5. The third kappa shape index (κ3) is 20.5. The summed E-state index contributed by atoms with van der Waals surface area (Å²) in [5.74, 6) is 1.38. The van der Waals surface area contributed by atoms with Crippen LogP contribution >= 0.6 is 0 Å². The van der Waals surface area contributed by atoms with Crippen LogP contribution in [-0.4, -0.2) is 10.7 Å². The van der Waals surface area contributed by atoms with Crippen LogP contribution in [0.3, 0.4) is 0 Å². The average Bonchev–Trinajstić information content (AvgIpc) is 3.11. The van der Waals surface area contributed by atoms with Gasteiger partial charge in [0.15, 0.2) is 0 Å². The van der Waals surface area contributed by atoms with Crippen LogP contribution in [-0.2, 0) is 6.42 Å². The Morgan fingerprint density at radius 2 is 0.855 bits per heavy atom. The van der Waals surface area contributed by atoms with Gasteiger partial charge in [0, 0.05) is 0 Å². The number of ether oxygens (including phenoxy) is 1. The minimum Gasteiger partial charge on any atom is -0.508 e. The van der Waals surface area contributed by atoms with Crippen molar-refractivity contribution >= 4 is 0 Å². The second-order valence-corrected chi connectivity index (χ2v) is 17.6. The average molecular weight is 751 g/mol. The predicted octanol–water partition coefficient (Wildman–Crippen LogP) is 16.9. The molecular weight excluding hydrogens is 669 g/mol. The first-order chi connectivity index (χ1) is 26.1. The Balaban J connectivity index is 1.60. The zero-order valence-corrected chi connectivity index (χ0v) is 37.8. The van der Waals surface area contributed by atoms with Crippen molar-refractivity contribution in [3.05, 3.63) is 116 Å². The van der Waals surface area contributed by atoms with Crippen molar-refractivity contribution in [1.29, 1.82) is 0 Å². The third-order valence-electron chi connectivity index (χ3n) is 11.6. The molecule has 0 radical (unpaired) electrons. The van der Waals surface area contributed by atoms with E-state index in [1.165, 1.54) is 76.7 Å². The number of aromatic hydroxyl groups is 1. The summed E-state index contributed by atoms with van der Waals surface area (Å²) in [6.07, 6.45) is 39.7. The fourth-order valence-corrected chi connectivity index (χ4v) is 7.35. The van der Waals surface area contributed by atoms with Gasteiger partial charge in [-0.25, -0.2) is 0 Å². The maximum atomic E-state index is 10.2. The number of hydrogen-bond donors (Lipinski definition) is 1. The van der Waals surface area contributed by atoms with Crippen LogP contribution in [0.2, 0.25) is 0 Å². The topological polar surface area (TPSA) is 29.5 Å². The molecule has 2 heteroatoms. The van der Waals surface area contributed by atoms with Crippen LogP contribution in [0.1, 0.15) is 195 Å². The van der Waals surface area contributed by atoms with Crippen LogP contribution in [0.25, 0.3) is 0 Å². The second-order valence-electron chi connectivity index (χ2n) is 17.6. The van der Waals surface area contributed by atoms with E-state index >= 15 is 0 Å². The van der Waals surface area contributed by atoms with Crippen LogP contribution in [0.4, 0.5) is 0 Å². The van der Waals surface area contributed by atoms with Crippen molar-refractivity contribution in [3.63, 3.8) is 0 Å². The van der Waals surface area contributed by atoms with Gasteiger partial charge in [0.05, 0.1) is 0 Å². The zero-order valence-electron chi connectivity index (χ0n) is 37.8. The lowest BCUT2D eigenvalue weighted by Crippen LogP contribution is -2.36. The van der Waals surface area contributed by atoms with Crippen LogP contribution in [0, 0.1) is 13.8 Å². The molecule has 306 valence electrons. The number of fused-ring (bicyclic) bond motifs is 1. The van der Waals surface area contributed by atoms with E-state index in [1.54, 1.807) is 0 Å². The molecule has 0 aliphatic carbocycles. The van der Waals surface area contributed by atoms with E-state index in [1.807, 2.05) is 13.0 Å². The van der Waals surface area contributed by atoms with Crippen molar-refractivity contribution in [1.82, 2.24) is 0 Å². The van der Waals surface area contributed by atoms with Gasteiger partial charge in [-0.15, -0.1) is 0 Å². The monoisotopic (exact) mass is 751 g/mol. The van der Waals surface area contributed by atoms with Gasteiger partial charge in [-0.2, -0.15) is 0 Å². The number of phenols is 1. The Morgan fingerprint density at radius 1 is 0.527 bits per heavy atom. The Bertz CT molecular complexity index is 1590. The highest BCUT2D eigenvalue weighted by Crippen LogP contribution is 2.41. The quantitative estimate of drug-likeness (QED) is 0.107. The van der Waals surface area contributed by atoms with Gasteiger partial charge in [0.25, 0.3) is 0 Å². The summed E-state index contributed by atoms with van der Waals surface area (Å²) in [7, 11) is 0. The number of benzene rings is 1. The maximum absolute atomic E-state index is 10.2. The molecular formula is C53H82O2.